The van der Waals surface area contributed by atoms with Gasteiger partial charge in [-0.25, -0.2) is 13.1 Å². The zero-order valence-corrected chi connectivity index (χ0v) is 12.3. The van der Waals surface area contributed by atoms with Gasteiger partial charge in [0.2, 0.25) is 10.0 Å². The molecule has 116 valence electrons. The summed E-state index contributed by atoms with van der Waals surface area (Å²) in [4.78, 5) is 9.94. The molecule has 8 heteroatoms. The fourth-order valence-electron chi connectivity index (χ4n) is 2.52. The van der Waals surface area contributed by atoms with Crippen molar-refractivity contribution in [3.05, 3.63) is 34.4 Å². The number of aliphatic hydroxyl groups excluding tert-OH is 1. The first-order chi connectivity index (χ1) is 9.88. The Morgan fingerprint density at radius 3 is 2.81 bits per heavy atom. The molecular weight excluding hydrogens is 296 g/mol. The van der Waals surface area contributed by atoms with Gasteiger partial charge in [0.1, 0.15) is 0 Å². The van der Waals surface area contributed by atoms with Gasteiger partial charge in [0.15, 0.2) is 0 Å². The first-order valence-electron chi connectivity index (χ1n) is 6.80. The smallest absolute Gasteiger partial charge is 0.270 e. The third kappa shape index (κ3) is 4.23. The molecule has 0 radical (unpaired) electrons. The van der Waals surface area contributed by atoms with E-state index in [2.05, 4.69) is 4.72 Å². The van der Waals surface area contributed by atoms with Gasteiger partial charge in [0, 0.05) is 18.7 Å². The Labute approximate surface area is 123 Å². The summed E-state index contributed by atoms with van der Waals surface area (Å²) in [5, 5.41) is 20.3. The van der Waals surface area contributed by atoms with Crippen LogP contribution in [0, 0.1) is 16.0 Å². The molecule has 1 aliphatic carbocycles. The number of sulfonamides is 1. The van der Waals surface area contributed by atoms with Crippen LogP contribution < -0.4 is 4.72 Å². The number of benzene rings is 1. The molecule has 1 fully saturated rings. The Morgan fingerprint density at radius 1 is 1.38 bits per heavy atom. The third-order valence-corrected chi connectivity index (χ3v) is 5.08. The fraction of sp³-hybridized carbons (Fsp3) is 0.538. The van der Waals surface area contributed by atoms with Crippen molar-refractivity contribution in [1.29, 1.82) is 0 Å². The van der Waals surface area contributed by atoms with Gasteiger partial charge in [-0.2, -0.15) is 0 Å². The van der Waals surface area contributed by atoms with E-state index >= 15 is 0 Å². The van der Waals surface area contributed by atoms with Crippen LogP contribution in [0.15, 0.2) is 29.2 Å². The Morgan fingerprint density at radius 2 is 2.14 bits per heavy atom. The molecule has 0 saturated heterocycles. The summed E-state index contributed by atoms with van der Waals surface area (Å²) < 4.78 is 26.7. The van der Waals surface area contributed by atoms with Crippen LogP contribution in [-0.4, -0.2) is 31.1 Å². The minimum Gasteiger partial charge on any atom is -0.393 e. The van der Waals surface area contributed by atoms with Crippen molar-refractivity contribution in [3.63, 3.8) is 0 Å². The molecule has 21 heavy (non-hydrogen) atoms. The van der Waals surface area contributed by atoms with Gasteiger partial charge in [-0.1, -0.05) is 12.5 Å². The van der Waals surface area contributed by atoms with Gasteiger partial charge in [-0.05, 0) is 31.2 Å². The van der Waals surface area contributed by atoms with Gasteiger partial charge < -0.3 is 5.11 Å². The van der Waals surface area contributed by atoms with E-state index in [1.54, 1.807) is 0 Å². The summed E-state index contributed by atoms with van der Waals surface area (Å²) in [6, 6.07) is 4.96. The third-order valence-electron chi connectivity index (χ3n) is 3.66. The van der Waals surface area contributed by atoms with Crippen LogP contribution in [0.25, 0.3) is 0 Å². The second-order valence-corrected chi connectivity index (χ2v) is 7.06. The minimum atomic E-state index is -3.77. The molecule has 0 bridgehead atoms. The van der Waals surface area contributed by atoms with E-state index in [0.717, 1.165) is 25.3 Å². The number of non-ortho nitro benzene ring substituents is 1. The van der Waals surface area contributed by atoms with E-state index in [1.165, 1.54) is 18.2 Å². The monoisotopic (exact) mass is 314 g/mol. The highest BCUT2D eigenvalue weighted by molar-refractivity contribution is 7.89. The number of aliphatic hydroxyl groups is 1. The van der Waals surface area contributed by atoms with Gasteiger partial charge in [0.25, 0.3) is 5.69 Å². The fourth-order valence-corrected chi connectivity index (χ4v) is 3.68. The summed E-state index contributed by atoms with van der Waals surface area (Å²) in [6.45, 7) is 0.238. The molecule has 1 aliphatic rings. The highest BCUT2D eigenvalue weighted by atomic mass is 32.2. The van der Waals surface area contributed by atoms with Crippen molar-refractivity contribution in [2.24, 2.45) is 5.92 Å². The van der Waals surface area contributed by atoms with Crippen molar-refractivity contribution in [2.75, 3.05) is 6.54 Å². The lowest BCUT2D eigenvalue weighted by Gasteiger charge is -2.25. The summed E-state index contributed by atoms with van der Waals surface area (Å²) in [6.07, 6.45) is 2.72. The summed E-state index contributed by atoms with van der Waals surface area (Å²) >= 11 is 0. The standard InChI is InChI=1S/C13H18N2O5S/c16-12-5-1-3-10(7-12)9-14-21(19,20)13-6-2-4-11(8-13)15(17)18/h2,4,6,8,10,12,14,16H,1,3,5,7,9H2. The molecule has 0 aromatic heterocycles. The molecule has 0 heterocycles. The average Bonchev–Trinajstić information content (AvgIpc) is 2.45. The molecule has 7 nitrogen and oxygen atoms in total. The number of hydrogen-bond donors (Lipinski definition) is 2. The van der Waals surface area contributed by atoms with Crippen molar-refractivity contribution in [2.45, 2.75) is 36.7 Å². The van der Waals surface area contributed by atoms with E-state index < -0.39 is 14.9 Å². The molecule has 0 amide bonds. The first-order valence-corrected chi connectivity index (χ1v) is 8.29. The Balaban J connectivity index is 2.04. The lowest BCUT2D eigenvalue weighted by molar-refractivity contribution is -0.385. The quantitative estimate of drug-likeness (QED) is 0.631. The molecule has 2 atom stereocenters. The normalized spacial score (nSPS) is 22.9. The van der Waals surface area contributed by atoms with Crippen LogP contribution in [-0.2, 0) is 10.0 Å². The number of hydrogen-bond acceptors (Lipinski definition) is 5. The van der Waals surface area contributed by atoms with Crippen molar-refractivity contribution in [1.82, 2.24) is 4.72 Å². The zero-order valence-electron chi connectivity index (χ0n) is 11.4. The maximum atomic E-state index is 12.1. The first kappa shape index (κ1) is 15.9. The van der Waals surface area contributed by atoms with Crippen LogP contribution in [0.1, 0.15) is 25.7 Å². The van der Waals surface area contributed by atoms with Crippen LogP contribution >= 0.6 is 0 Å². The predicted octanol–water partition coefficient (Wildman–Crippen LogP) is 1.42. The van der Waals surface area contributed by atoms with Crippen molar-refractivity contribution >= 4 is 15.7 Å². The van der Waals surface area contributed by atoms with Crippen molar-refractivity contribution in [3.8, 4) is 0 Å². The molecule has 1 aromatic rings. The van der Waals surface area contributed by atoms with Crippen molar-refractivity contribution < 1.29 is 18.4 Å². The lowest BCUT2D eigenvalue weighted by atomic mass is 9.87. The van der Waals surface area contributed by atoms with Gasteiger partial charge in [-0.3, -0.25) is 10.1 Å². The van der Waals surface area contributed by atoms with E-state index in [0.29, 0.717) is 6.42 Å². The topological polar surface area (TPSA) is 110 Å². The van der Waals surface area contributed by atoms with Gasteiger partial charge in [-0.15, -0.1) is 0 Å². The molecule has 2 unspecified atom stereocenters. The molecule has 0 spiro atoms. The molecular formula is C13H18N2O5S. The average molecular weight is 314 g/mol. The summed E-state index contributed by atoms with van der Waals surface area (Å²) in [7, 11) is -3.77. The van der Waals surface area contributed by atoms with E-state index in [9.17, 15) is 23.6 Å². The van der Waals surface area contributed by atoms with Crippen LogP contribution in [0.5, 0.6) is 0 Å². The second kappa shape index (κ2) is 6.50. The van der Waals surface area contributed by atoms with Crippen LogP contribution in [0.3, 0.4) is 0 Å². The maximum Gasteiger partial charge on any atom is 0.270 e. The van der Waals surface area contributed by atoms with Gasteiger partial charge in [0.05, 0.1) is 15.9 Å². The Bertz CT molecular complexity index is 617. The van der Waals surface area contributed by atoms with E-state index in [-0.39, 0.29) is 29.1 Å². The predicted molar refractivity (Wildman–Crippen MR) is 76.2 cm³/mol. The number of nitrogens with one attached hydrogen (secondary N) is 1. The summed E-state index contributed by atoms with van der Waals surface area (Å²) in [5.74, 6) is 0.0993. The number of nitro groups is 1. The minimum absolute atomic E-state index is 0.0993. The lowest BCUT2D eigenvalue weighted by Crippen LogP contribution is -2.33. The molecule has 1 saturated carbocycles. The maximum absolute atomic E-state index is 12.1. The second-order valence-electron chi connectivity index (χ2n) is 5.29. The number of nitrogens with zero attached hydrogens (tertiary/aromatic N) is 1. The molecule has 2 N–H and O–H groups in total. The van der Waals surface area contributed by atoms with E-state index in [1.807, 2.05) is 0 Å². The van der Waals surface area contributed by atoms with Gasteiger partial charge >= 0.3 is 0 Å². The number of nitro benzene ring substituents is 1. The zero-order chi connectivity index (χ0) is 15.5. The van der Waals surface area contributed by atoms with Crippen LogP contribution in [0.4, 0.5) is 5.69 Å². The number of rotatable bonds is 5. The largest absolute Gasteiger partial charge is 0.393 e. The Hall–Kier alpha value is -1.51. The Kier molecular flexibility index (Phi) is 4.92. The highest BCUT2D eigenvalue weighted by Gasteiger charge is 2.23. The molecule has 0 aliphatic heterocycles. The molecule has 2 rings (SSSR count). The van der Waals surface area contributed by atoms with Crippen LogP contribution in [0.2, 0.25) is 0 Å². The molecule has 1 aromatic carbocycles. The highest BCUT2D eigenvalue weighted by Crippen LogP contribution is 2.24. The van der Waals surface area contributed by atoms with E-state index in [4.69, 9.17) is 0 Å². The summed E-state index contributed by atoms with van der Waals surface area (Å²) in [5.41, 5.74) is -0.258. The SMILES string of the molecule is O=[N+]([O-])c1cccc(S(=O)(=O)NCC2CCCC(O)C2)c1.